The van der Waals surface area contributed by atoms with Crippen molar-refractivity contribution in [3.63, 3.8) is 0 Å². The van der Waals surface area contributed by atoms with Crippen LogP contribution in [-0.2, 0) is 6.54 Å². The summed E-state index contributed by atoms with van der Waals surface area (Å²) in [5.41, 5.74) is 4.22. The highest BCUT2D eigenvalue weighted by Crippen LogP contribution is 2.28. The molecule has 2 aromatic carbocycles. The van der Waals surface area contributed by atoms with Gasteiger partial charge in [-0.2, -0.15) is 4.98 Å². The Hall–Kier alpha value is -3.28. The second kappa shape index (κ2) is 9.28. The Bertz CT molecular complexity index is 956. The zero-order chi connectivity index (χ0) is 20.8. The maximum atomic E-state index is 5.37. The Kier molecular flexibility index (Phi) is 6.54. The molecule has 152 valence electrons. The van der Waals surface area contributed by atoms with Gasteiger partial charge in [0.05, 0.1) is 14.2 Å². The van der Waals surface area contributed by atoms with E-state index >= 15 is 0 Å². The Balaban J connectivity index is 1.70. The molecule has 0 saturated carbocycles. The van der Waals surface area contributed by atoms with Gasteiger partial charge in [-0.15, -0.1) is 0 Å². The van der Waals surface area contributed by atoms with Crippen molar-refractivity contribution in [1.29, 1.82) is 0 Å². The highest BCUT2D eigenvalue weighted by Gasteiger charge is 2.07. The molecule has 0 fully saturated rings. The van der Waals surface area contributed by atoms with Crippen LogP contribution in [0.15, 0.2) is 48.5 Å². The van der Waals surface area contributed by atoms with Gasteiger partial charge in [-0.1, -0.05) is 32.0 Å². The van der Waals surface area contributed by atoms with Gasteiger partial charge in [0.1, 0.15) is 5.82 Å². The smallest absolute Gasteiger partial charge is 0.229 e. The monoisotopic (exact) mass is 392 g/mol. The fraction of sp³-hybridized carbons (Fsp3) is 0.304. The van der Waals surface area contributed by atoms with Crippen LogP contribution in [0.25, 0.3) is 0 Å². The lowest BCUT2D eigenvalue weighted by atomic mass is 10.0. The van der Waals surface area contributed by atoms with Gasteiger partial charge in [-0.05, 0) is 48.2 Å². The van der Waals surface area contributed by atoms with Crippen LogP contribution in [0.3, 0.4) is 0 Å². The van der Waals surface area contributed by atoms with Gasteiger partial charge in [-0.25, -0.2) is 4.98 Å². The lowest BCUT2D eigenvalue weighted by Crippen LogP contribution is -2.06. The minimum atomic E-state index is 0.506. The first-order chi connectivity index (χ1) is 14.0. The molecule has 3 rings (SSSR count). The molecule has 0 aliphatic carbocycles. The number of nitrogens with zero attached hydrogens (tertiary/aromatic N) is 2. The zero-order valence-electron chi connectivity index (χ0n) is 17.6. The molecule has 1 aromatic heterocycles. The quantitative estimate of drug-likeness (QED) is 0.543. The molecule has 1 heterocycles. The average molecular weight is 393 g/mol. The summed E-state index contributed by atoms with van der Waals surface area (Å²) in [5.74, 6) is 3.25. The van der Waals surface area contributed by atoms with Crippen LogP contribution in [-0.4, -0.2) is 24.2 Å². The van der Waals surface area contributed by atoms with E-state index in [1.54, 1.807) is 14.2 Å². The molecule has 0 saturated heterocycles. The Labute approximate surface area is 172 Å². The summed E-state index contributed by atoms with van der Waals surface area (Å²) in [6, 6.07) is 16.1. The first-order valence-corrected chi connectivity index (χ1v) is 9.66. The molecular formula is C23H28N4O2. The Morgan fingerprint density at radius 3 is 2.28 bits per heavy atom. The van der Waals surface area contributed by atoms with Crippen molar-refractivity contribution in [3.05, 3.63) is 65.4 Å². The van der Waals surface area contributed by atoms with E-state index in [4.69, 9.17) is 9.47 Å². The van der Waals surface area contributed by atoms with E-state index < -0.39 is 0 Å². The second-order valence-electron chi connectivity index (χ2n) is 7.16. The van der Waals surface area contributed by atoms with Crippen molar-refractivity contribution in [2.24, 2.45) is 0 Å². The van der Waals surface area contributed by atoms with Gasteiger partial charge in [-0.3, -0.25) is 0 Å². The average Bonchev–Trinajstić information content (AvgIpc) is 2.72. The SMILES string of the molecule is COc1ccc(CNc2cc(C)nc(Nc3ccc(C(C)C)cc3)n2)cc1OC. The zero-order valence-corrected chi connectivity index (χ0v) is 17.6. The molecule has 6 heteroatoms. The number of ether oxygens (including phenoxy) is 2. The molecule has 2 N–H and O–H groups in total. The van der Waals surface area contributed by atoms with E-state index in [2.05, 4.69) is 58.7 Å². The van der Waals surface area contributed by atoms with Crippen LogP contribution in [0.1, 0.15) is 36.6 Å². The Morgan fingerprint density at radius 1 is 0.897 bits per heavy atom. The summed E-state index contributed by atoms with van der Waals surface area (Å²) in [5, 5.41) is 6.64. The number of aryl methyl sites for hydroxylation is 1. The maximum absolute atomic E-state index is 5.37. The minimum absolute atomic E-state index is 0.506. The number of nitrogens with one attached hydrogen (secondary N) is 2. The minimum Gasteiger partial charge on any atom is -0.493 e. The third-order valence-corrected chi connectivity index (χ3v) is 4.61. The topological polar surface area (TPSA) is 68.3 Å². The van der Waals surface area contributed by atoms with Crippen molar-refractivity contribution < 1.29 is 9.47 Å². The predicted molar refractivity (Wildman–Crippen MR) is 117 cm³/mol. The van der Waals surface area contributed by atoms with Crippen LogP contribution in [0.4, 0.5) is 17.5 Å². The van der Waals surface area contributed by atoms with Crippen LogP contribution < -0.4 is 20.1 Å². The van der Waals surface area contributed by atoms with E-state index in [9.17, 15) is 0 Å². The fourth-order valence-electron chi connectivity index (χ4n) is 2.98. The molecule has 0 aliphatic heterocycles. The molecule has 6 nitrogen and oxygen atoms in total. The number of benzene rings is 2. The molecule has 3 aromatic rings. The molecular weight excluding hydrogens is 364 g/mol. The number of anilines is 3. The van der Waals surface area contributed by atoms with Crippen molar-refractivity contribution >= 4 is 17.5 Å². The summed E-state index contributed by atoms with van der Waals surface area (Å²) in [6.07, 6.45) is 0. The maximum Gasteiger partial charge on any atom is 0.229 e. The lowest BCUT2D eigenvalue weighted by Gasteiger charge is -2.12. The first-order valence-electron chi connectivity index (χ1n) is 9.66. The molecule has 0 bridgehead atoms. The van der Waals surface area contributed by atoms with Crippen molar-refractivity contribution in [1.82, 2.24) is 9.97 Å². The highest BCUT2D eigenvalue weighted by atomic mass is 16.5. The van der Waals surface area contributed by atoms with Gasteiger partial charge in [0.15, 0.2) is 11.5 Å². The summed E-state index contributed by atoms with van der Waals surface area (Å²) < 4.78 is 10.7. The standard InChI is InChI=1S/C23H28N4O2/c1-15(2)18-7-9-19(10-8-18)26-23-25-16(3)12-22(27-23)24-14-17-6-11-20(28-4)21(13-17)29-5/h6-13,15H,14H2,1-5H3,(H2,24,25,26,27). The third-order valence-electron chi connectivity index (χ3n) is 4.61. The molecule has 0 spiro atoms. The first kappa shape index (κ1) is 20.5. The van der Waals surface area contributed by atoms with Gasteiger partial charge >= 0.3 is 0 Å². The van der Waals surface area contributed by atoms with E-state index in [-0.39, 0.29) is 0 Å². The van der Waals surface area contributed by atoms with E-state index in [0.717, 1.165) is 22.8 Å². The Morgan fingerprint density at radius 2 is 1.62 bits per heavy atom. The summed E-state index contributed by atoms with van der Waals surface area (Å²) in [7, 11) is 3.26. The molecule has 0 unspecified atom stereocenters. The van der Waals surface area contributed by atoms with Crippen molar-refractivity contribution in [2.75, 3.05) is 24.9 Å². The summed E-state index contributed by atoms with van der Waals surface area (Å²) in [6.45, 7) is 6.93. The van der Waals surface area contributed by atoms with Crippen LogP contribution in [0, 0.1) is 6.92 Å². The number of methoxy groups -OCH3 is 2. The molecule has 0 atom stereocenters. The fourth-order valence-corrected chi connectivity index (χ4v) is 2.98. The van der Waals surface area contributed by atoms with Crippen LogP contribution in [0.5, 0.6) is 11.5 Å². The van der Waals surface area contributed by atoms with Gasteiger partial charge in [0, 0.05) is 24.0 Å². The van der Waals surface area contributed by atoms with Crippen molar-refractivity contribution in [2.45, 2.75) is 33.2 Å². The molecule has 0 amide bonds. The van der Waals surface area contributed by atoms with Gasteiger partial charge in [0.25, 0.3) is 0 Å². The number of hydrogen-bond donors (Lipinski definition) is 2. The van der Waals surface area contributed by atoms with E-state index in [0.29, 0.717) is 29.9 Å². The molecule has 0 aliphatic rings. The summed E-state index contributed by atoms with van der Waals surface area (Å²) in [4.78, 5) is 9.08. The lowest BCUT2D eigenvalue weighted by molar-refractivity contribution is 0.354. The van der Waals surface area contributed by atoms with Gasteiger partial charge < -0.3 is 20.1 Å². The van der Waals surface area contributed by atoms with Crippen LogP contribution >= 0.6 is 0 Å². The molecule has 0 radical (unpaired) electrons. The van der Waals surface area contributed by atoms with E-state index in [1.807, 2.05) is 31.2 Å². The van der Waals surface area contributed by atoms with Gasteiger partial charge in [0.2, 0.25) is 5.95 Å². The highest BCUT2D eigenvalue weighted by molar-refractivity contribution is 5.56. The number of hydrogen-bond acceptors (Lipinski definition) is 6. The number of aromatic nitrogens is 2. The predicted octanol–water partition coefficient (Wildman–Crippen LogP) is 5.28. The second-order valence-corrected chi connectivity index (χ2v) is 7.16. The normalized spacial score (nSPS) is 10.7. The number of rotatable bonds is 8. The van der Waals surface area contributed by atoms with Crippen molar-refractivity contribution in [3.8, 4) is 11.5 Å². The molecule has 29 heavy (non-hydrogen) atoms. The largest absolute Gasteiger partial charge is 0.493 e. The summed E-state index contributed by atoms with van der Waals surface area (Å²) >= 11 is 0. The van der Waals surface area contributed by atoms with E-state index in [1.165, 1.54) is 5.56 Å². The van der Waals surface area contributed by atoms with Crippen LogP contribution in [0.2, 0.25) is 0 Å². The third kappa shape index (κ3) is 5.38.